The minimum atomic E-state index is -3.63. The number of halogens is 3. The van der Waals surface area contributed by atoms with Crippen molar-refractivity contribution in [2.75, 3.05) is 91.0 Å². The van der Waals surface area contributed by atoms with Gasteiger partial charge in [0.2, 0.25) is 5.91 Å². The molecule has 3 atom stereocenters. The van der Waals surface area contributed by atoms with Gasteiger partial charge in [-0.2, -0.15) is 0 Å². The van der Waals surface area contributed by atoms with Gasteiger partial charge in [-0.3, -0.25) is 9.69 Å². The second kappa shape index (κ2) is 16.3. The summed E-state index contributed by atoms with van der Waals surface area (Å²) in [5.74, 6) is -1.61. The van der Waals surface area contributed by atoms with Crippen LogP contribution in [-0.4, -0.2) is 148 Å². The number of likely N-dealkylation sites (N-methyl/N-ethyl adjacent to an activating group) is 1. The van der Waals surface area contributed by atoms with E-state index in [1.54, 1.807) is 30.3 Å². The minimum absolute atomic E-state index is 0.0124. The first kappa shape index (κ1) is 40.5. The van der Waals surface area contributed by atoms with Crippen molar-refractivity contribution in [3.8, 4) is 0 Å². The van der Waals surface area contributed by atoms with Crippen molar-refractivity contribution >= 4 is 27.5 Å². The molecule has 0 spiro atoms. The predicted molar refractivity (Wildman–Crippen MR) is 208 cm³/mol. The number of carbonyl (C=O) groups excluding carboxylic acids is 1. The molecule has 15 heteroatoms. The van der Waals surface area contributed by atoms with Gasteiger partial charge in [-0.25, -0.2) is 26.4 Å². The molecule has 56 heavy (non-hydrogen) atoms. The van der Waals surface area contributed by atoms with E-state index in [2.05, 4.69) is 15.1 Å². The maximum absolute atomic E-state index is 16.2. The number of amides is 2. The molecule has 4 aliphatic heterocycles. The van der Waals surface area contributed by atoms with Gasteiger partial charge in [0.25, 0.3) is 0 Å². The Morgan fingerprint density at radius 2 is 1.61 bits per heavy atom. The Morgan fingerprint density at radius 1 is 0.946 bits per heavy atom. The summed E-state index contributed by atoms with van der Waals surface area (Å²) in [6, 6.07) is 10.0. The highest BCUT2D eigenvalue weighted by Crippen LogP contribution is 2.52. The maximum atomic E-state index is 16.2. The van der Waals surface area contributed by atoms with E-state index in [-0.39, 0.29) is 61.4 Å². The van der Waals surface area contributed by atoms with Gasteiger partial charge in [0.05, 0.1) is 18.0 Å². The van der Waals surface area contributed by atoms with Gasteiger partial charge in [0.1, 0.15) is 16.9 Å². The van der Waals surface area contributed by atoms with E-state index in [0.717, 1.165) is 44.1 Å². The lowest BCUT2D eigenvalue weighted by Gasteiger charge is -2.54. The molecule has 1 saturated carbocycles. The molecular weight excluding hydrogens is 746 g/mol. The lowest BCUT2D eigenvalue weighted by atomic mass is 9.57. The highest BCUT2D eigenvalue weighted by Gasteiger charge is 2.54. The molecule has 0 unspecified atom stereocenters. The first-order valence-corrected chi connectivity index (χ1v) is 21.5. The highest BCUT2D eigenvalue weighted by atomic mass is 32.2. The molecule has 5 aliphatic rings. The number of hydrogen-bond acceptors (Lipinski definition) is 8. The molecule has 5 fully saturated rings. The molecule has 2 amide bonds. The number of rotatable bonds is 14. The molecule has 0 aromatic heterocycles. The van der Waals surface area contributed by atoms with Crippen LogP contribution in [-0.2, 0) is 20.0 Å². The zero-order valence-electron chi connectivity index (χ0n) is 32.4. The van der Waals surface area contributed by atoms with Crippen LogP contribution in [0.2, 0.25) is 0 Å². The van der Waals surface area contributed by atoms with E-state index in [9.17, 15) is 31.9 Å². The SMILES string of the molecule is CN(C)C/C=C/C(=O)N1CC(S(=O)(=O)c2ccc(N3CC(F)(CN4CCC([C@@](CN5CCC5)(c5cc(F)cc(F)c5)[C@H]5CCC[C@@H]5NC(=O)O)CC4)C3)cc2)C1. The monoisotopic (exact) mass is 800 g/mol. The second-order valence-electron chi connectivity index (χ2n) is 17.0. The van der Waals surface area contributed by atoms with Crippen LogP contribution in [0.15, 0.2) is 59.5 Å². The fourth-order valence-corrected chi connectivity index (χ4v) is 11.6. The number of likely N-dealkylation sites (tertiary alicyclic amines) is 3. The fourth-order valence-electron chi connectivity index (χ4n) is 9.98. The van der Waals surface area contributed by atoms with Gasteiger partial charge in [0.15, 0.2) is 15.5 Å². The van der Waals surface area contributed by atoms with Crippen LogP contribution in [0.4, 0.5) is 23.7 Å². The van der Waals surface area contributed by atoms with E-state index in [1.165, 1.54) is 23.1 Å². The Balaban J connectivity index is 0.972. The van der Waals surface area contributed by atoms with Crippen molar-refractivity contribution in [2.45, 2.75) is 65.8 Å². The number of anilines is 1. The molecule has 2 N–H and O–H groups in total. The molecule has 306 valence electrons. The van der Waals surface area contributed by atoms with Crippen molar-refractivity contribution in [3.05, 3.63) is 71.8 Å². The van der Waals surface area contributed by atoms with Crippen molar-refractivity contribution in [3.63, 3.8) is 0 Å². The number of nitrogens with zero attached hydrogens (tertiary/aromatic N) is 5. The van der Waals surface area contributed by atoms with Crippen LogP contribution >= 0.6 is 0 Å². The van der Waals surface area contributed by atoms with Crippen LogP contribution in [0.1, 0.15) is 44.1 Å². The van der Waals surface area contributed by atoms with E-state index in [1.807, 2.05) is 23.9 Å². The molecule has 4 heterocycles. The Morgan fingerprint density at radius 3 is 2.20 bits per heavy atom. The Kier molecular flexibility index (Phi) is 11.8. The van der Waals surface area contributed by atoms with Crippen molar-refractivity contribution in [2.24, 2.45) is 11.8 Å². The number of carbonyl (C=O) groups is 2. The maximum Gasteiger partial charge on any atom is 0.404 e. The van der Waals surface area contributed by atoms with Crippen molar-refractivity contribution in [1.82, 2.24) is 24.9 Å². The van der Waals surface area contributed by atoms with Gasteiger partial charge in [0, 0.05) is 62.0 Å². The smallest absolute Gasteiger partial charge is 0.404 e. The van der Waals surface area contributed by atoms with Gasteiger partial charge in [-0.1, -0.05) is 12.5 Å². The number of piperidine rings is 1. The van der Waals surface area contributed by atoms with E-state index in [0.29, 0.717) is 51.0 Å². The summed E-state index contributed by atoms with van der Waals surface area (Å²) in [7, 11) is 0.167. The normalized spacial score (nSPS) is 24.8. The summed E-state index contributed by atoms with van der Waals surface area (Å²) >= 11 is 0. The number of sulfone groups is 1. The first-order chi connectivity index (χ1) is 26.6. The Bertz CT molecular complexity index is 1860. The van der Waals surface area contributed by atoms with E-state index in [4.69, 9.17) is 0 Å². The zero-order chi connectivity index (χ0) is 39.8. The first-order valence-electron chi connectivity index (χ1n) is 19.9. The largest absolute Gasteiger partial charge is 0.465 e. The van der Waals surface area contributed by atoms with Gasteiger partial charge >= 0.3 is 6.09 Å². The lowest BCUT2D eigenvalue weighted by Crippen LogP contribution is -2.65. The zero-order valence-corrected chi connectivity index (χ0v) is 33.2. The summed E-state index contributed by atoms with van der Waals surface area (Å²) in [6.45, 7) is 5.10. The Labute approximate surface area is 328 Å². The molecule has 7 rings (SSSR count). The molecule has 0 bridgehead atoms. The molecule has 2 aromatic carbocycles. The van der Waals surface area contributed by atoms with Crippen LogP contribution in [0, 0.1) is 23.5 Å². The summed E-state index contributed by atoms with van der Waals surface area (Å²) in [4.78, 5) is 34.2. The highest BCUT2D eigenvalue weighted by molar-refractivity contribution is 7.92. The number of benzene rings is 2. The molecule has 11 nitrogen and oxygen atoms in total. The van der Waals surface area contributed by atoms with Crippen molar-refractivity contribution < 1.29 is 36.3 Å². The van der Waals surface area contributed by atoms with Gasteiger partial charge in [-0.15, -0.1) is 0 Å². The third-order valence-electron chi connectivity index (χ3n) is 13.0. The predicted octanol–water partition coefficient (Wildman–Crippen LogP) is 4.39. The topological polar surface area (TPSA) is 117 Å². The lowest BCUT2D eigenvalue weighted by molar-refractivity contribution is -0.129. The van der Waals surface area contributed by atoms with Crippen LogP contribution in [0.5, 0.6) is 0 Å². The van der Waals surface area contributed by atoms with Crippen LogP contribution < -0.4 is 10.2 Å². The summed E-state index contributed by atoms with van der Waals surface area (Å²) in [6.07, 6.45) is 6.82. The molecule has 2 aromatic rings. The standard InChI is InChI=1S/C41H55F3N6O5S/c1-46(2)15-4-8-38(51)49-23-35(24-49)56(54,55)34-11-9-33(10-12-34)50-26-40(44,27-50)25-48-18-13-29(14-19-48)41(28-47-16-5-17-47,30-20-31(42)22-32(43)21-30)36-6-3-7-37(36)45-39(52)53/h4,8-12,20-22,29,35-37,45H,3,5-7,13-19,23-28H2,1-2H3,(H,52,53)/b8-4+/t36-,37-,41-/m0/s1. The molecule has 0 radical (unpaired) electrons. The third kappa shape index (κ3) is 8.46. The second-order valence-corrected chi connectivity index (χ2v) is 19.3. The summed E-state index contributed by atoms with van der Waals surface area (Å²) in [5, 5.41) is 11.8. The third-order valence-corrected chi connectivity index (χ3v) is 15.1. The number of hydrogen-bond donors (Lipinski definition) is 2. The van der Waals surface area contributed by atoms with Gasteiger partial charge in [-0.05, 0) is 126 Å². The van der Waals surface area contributed by atoms with Gasteiger partial charge < -0.3 is 30.0 Å². The number of nitrogens with one attached hydrogen (secondary N) is 1. The molecule has 4 saturated heterocycles. The number of alkyl halides is 1. The number of carboxylic acid groups (broad SMARTS) is 1. The quantitative estimate of drug-likeness (QED) is 0.269. The van der Waals surface area contributed by atoms with Crippen LogP contribution in [0.25, 0.3) is 0 Å². The summed E-state index contributed by atoms with van der Waals surface area (Å²) < 4.78 is 72.7. The summed E-state index contributed by atoms with van der Waals surface area (Å²) in [5.41, 5.74) is -0.805. The van der Waals surface area contributed by atoms with Crippen LogP contribution in [0.3, 0.4) is 0 Å². The average molecular weight is 801 g/mol. The molecular formula is C41H55F3N6O5S. The van der Waals surface area contributed by atoms with E-state index < -0.39 is 43.9 Å². The fraction of sp³-hybridized carbons (Fsp3) is 0.610. The molecule has 1 aliphatic carbocycles. The average Bonchev–Trinajstić information content (AvgIpc) is 3.54. The van der Waals surface area contributed by atoms with Crippen molar-refractivity contribution in [1.29, 1.82) is 0 Å². The van der Waals surface area contributed by atoms with E-state index >= 15 is 4.39 Å². The Hall–Kier alpha value is -3.66. The minimum Gasteiger partial charge on any atom is -0.465 e.